The van der Waals surface area contributed by atoms with Crippen molar-refractivity contribution in [1.29, 1.82) is 0 Å². The van der Waals surface area contributed by atoms with Crippen molar-refractivity contribution < 1.29 is 24.6 Å². The van der Waals surface area contributed by atoms with Crippen LogP contribution < -0.4 is 0 Å². The van der Waals surface area contributed by atoms with E-state index in [2.05, 4.69) is 12.1 Å². The van der Waals surface area contributed by atoms with E-state index in [0.29, 0.717) is 6.41 Å². The van der Waals surface area contributed by atoms with Crippen molar-refractivity contribution in [3.8, 4) is 16.9 Å². The predicted octanol–water partition coefficient (Wildman–Crippen LogP) is 4.21. The van der Waals surface area contributed by atoms with Crippen molar-refractivity contribution >= 4 is 12.4 Å². The van der Waals surface area contributed by atoms with Crippen LogP contribution in [-0.4, -0.2) is 40.3 Å². The van der Waals surface area contributed by atoms with Gasteiger partial charge in [-0.15, -0.1) is 0 Å². The molecular formula is C26H25NO5. The van der Waals surface area contributed by atoms with Crippen LogP contribution in [-0.2, 0) is 20.8 Å². The third-order valence-corrected chi connectivity index (χ3v) is 6.13. The lowest BCUT2D eigenvalue weighted by Crippen LogP contribution is -2.42. The molecule has 2 N–H and O–H groups in total. The highest BCUT2D eigenvalue weighted by atomic mass is 16.7. The minimum Gasteiger partial charge on any atom is -0.508 e. The fourth-order valence-electron chi connectivity index (χ4n) is 4.57. The summed E-state index contributed by atoms with van der Waals surface area (Å²) >= 11 is 0. The van der Waals surface area contributed by atoms with Gasteiger partial charge in [-0.3, -0.25) is 9.63 Å². The number of carbonyl (C=O) groups is 2. The second-order valence-corrected chi connectivity index (χ2v) is 8.10. The van der Waals surface area contributed by atoms with Crippen molar-refractivity contribution in [2.75, 3.05) is 6.61 Å². The molecule has 6 heteroatoms. The zero-order valence-electron chi connectivity index (χ0n) is 18.0. The van der Waals surface area contributed by atoms with E-state index in [1.165, 1.54) is 0 Å². The summed E-state index contributed by atoms with van der Waals surface area (Å²) in [6.07, 6.45) is 0.500. The van der Waals surface area contributed by atoms with Crippen LogP contribution >= 0.6 is 0 Å². The molecule has 3 aromatic rings. The van der Waals surface area contributed by atoms with E-state index in [1.54, 1.807) is 26.0 Å². The van der Waals surface area contributed by atoms with Gasteiger partial charge in [-0.1, -0.05) is 48.5 Å². The summed E-state index contributed by atoms with van der Waals surface area (Å²) < 4.78 is 0. The lowest BCUT2D eigenvalue weighted by molar-refractivity contribution is -0.196. The summed E-state index contributed by atoms with van der Waals surface area (Å²) in [5, 5.41) is 20.5. The SMILES string of the molecule is Cc1cc(O)cc(C)c1CC(C(=O)O)N(C=O)OCC1c2ccccc2-c2ccccc21. The third-order valence-electron chi connectivity index (χ3n) is 6.13. The van der Waals surface area contributed by atoms with Gasteiger partial charge >= 0.3 is 5.97 Å². The maximum Gasteiger partial charge on any atom is 0.329 e. The molecule has 1 amide bonds. The van der Waals surface area contributed by atoms with Gasteiger partial charge < -0.3 is 10.2 Å². The summed E-state index contributed by atoms with van der Waals surface area (Å²) in [5.41, 5.74) is 6.73. The van der Waals surface area contributed by atoms with Crippen LogP contribution in [0.1, 0.15) is 33.7 Å². The number of fused-ring (bicyclic) bond motifs is 3. The Hall–Kier alpha value is -3.64. The first-order chi connectivity index (χ1) is 15.4. The molecule has 3 aromatic carbocycles. The lowest BCUT2D eigenvalue weighted by Gasteiger charge is -2.27. The van der Waals surface area contributed by atoms with E-state index in [-0.39, 0.29) is 24.7 Å². The Balaban J connectivity index is 1.58. The van der Waals surface area contributed by atoms with E-state index in [9.17, 15) is 19.8 Å². The Morgan fingerprint density at radius 3 is 2.06 bits per heavy atom. The lowest BCUT2D eigenvalue weighted by atomic mass is 9.96. The quantitative estimate of drug-likeness (QED) is 0.412. The fourth-order valence-corrected chi connectivity index (χ4v) is 4.57. The van der Waals surface area contributed by atoms with Crippen molar-refractivity contribution in [3.63, 3.8) is 0 Å². The van der Waals surface area contributed by atoms with Gasteiger partial charge in [0.2, 0.25) is 6.41 Å². The summed E-state index contributed by atoms with van der Waals surface area (Å²) in [6.45, 7) is 3.75. The Morgan fingerprint density at radius 2 is 1.56 bits per heavy atom. The molecule has 0 spiro atoms. The number of amides is 1. The number of rotatable bonds is 8. The van der Waals surface area contributed by atoms with Gasteiger partial charge in [0, 0.05) is 12.3 Å². The first-order valence-electron chi connectivity index (χ1n) is 10.5. The molecule has 164 valence electrons. The van der Waals surface area contributed by atoms with Gasteiger partial charge in [0.25, 0.3) is 0 Å². The normalized spacial score (nSPS) is 13.3. The van der Waals surface area contributed by atoms with Gasteiger partial charge in [-0.05, 0) is 64.9 Å². The predicted molar refractivity (Wildman–Crippen MR) is 120 cm³/mol. The highest BCUT2D eigenvalue weighted by Crippen LogP contribution is 2.44. The molecule has 0 fully saturated rings. The minimum absolute atomic E-state index is 0.0733. The molecule has 1 atom stereocenters. The number of hydrogen-bond acceptors (Lipinski definition) is 4. The number of carboxylic acid groups (broad SMARTS) is 1. The number of phenolic OH excluding ortho intramolecular Hbond substituents is 1. The van der Waals surface area contributed by atoms with Crippen LogP contribution in [0, 0.1) is 13.8 Å². The molecule has 0 saturated carbocycles. The Labute approximate surface area is 186 Å². The Kier molecular flexibility index (Phi) is 5.97. The number of nitrogens with zero attached hydrogens (tertiary/aromatic N) is 1. The molecule has 32 heavy (non-hydrogen) atoms. The Morgan fingerprint density at radius 1 is 1.03 bits per heavy atom. The van der Waals surface area contributed by atoms with E-state index in [1.807, 2.05) is 36.4 Å². The first kappa shape index (κ1) is 21.6. The van der Waals surface area contributed by atoms with Crippen LogP contribution in [0.2, 0.25) is 0 Å². The number of hydrogen-bond donors (Lipinski definition) is 2. The molecule has 0 aromatic heterocycles. The van der Waals surface area contributed by atoms with Gasteiger partial charge in [0.1, 0.15) is 5.75 Å². The second-order valence-electron chi connectivity index (χ2n) is 8.10. The number of aromatic hydroxyl groups is 1. The van der Waals surface area contributed by atoms with Gasteiger partial charge in [0.15, 0.2) is 6.04 Å². The standard InChI is InChI=1S/C26H25NO5/c1-16-11-18(29)12-17(2)23(16)13-25(26(30)31)27(15-28)32-14-24-21-9-5-3-7-19(21)20-8-4-6-10-22(20)24/h3-12,15,24-25,29H,13-14H2,1-2H3,(H,30,31). The van der Waals surface area contributed by atoms with Crippen LogP contribution in [0.25, 0.3) is 11.1 Å². The molecule has 0 radical (unpaired) electrons. The van der Waals surface area contributed by atoms with Crippen LogP contribution in [0.5, 0.6) is 5.75 Å². The Bertz CT molecular complexity index is 1100. The molecule has 0 heterocycles. The van der Waals surface area contributed by atoms with Crippen molar-refractivity contribution in [1.82, 2.24) is 5.06 Å². The average molecular weight is 431 g/mol. The number of aryl methyl sites for hydroxylation is 2. The van der Waals surface area contributed by atoms with Crippen LogP contribution in [0.4, 0.5) is 0 Å². The maximum absolute atomic E-state index is 12.1. The summed E-state index contributed by atoms with van der Waals surface area (Å²) in [5.74, 6) is -1.13. The molecular weight excluding hydrogens is 406 g/mol. The second kappa shape index (κ2) is 8.85. The van der Waals surface area contributed by atoms with Gasteiger partial charge in [0.05, 0.1) is 6.61 Å². The molecule has 1 aliphatic rings. The molecule has 0 bridgehead atoms. The van der Waals surface area contributed by atoms with Crippen molar-refractivity contribution in [2.45, 2.75) is 32.2 Å². The highest BCUT2D eigenvalue weighted by molar-refractivity contribution is 5.79. The van der Waals surface area contributed by atoms with Crippen molar-refractivity contribution in [2.24, 2.45) is 0 Å². The van der Waals surface area contributed by atoms with E-state index in [4.69, 9.17) is 4.84 Å². The van der Waals surface area contributed by atoms with E-state index in [0.717, 1.165) is 44.0 Å². The monoisotopic (exact) mass is 431 g/mol. The number of benzene rings is 3. The van der Waals surface area contributed by atoms with Crippen LogP contribution in [0.15, 0.2) is 60.7 Å². The van der Waals surface area contributed by atoms with E-state index >= 15 is 0 Å². The minimum atomic E-state index is -1.19. The number of aliphatic carboxylic acids is 1. The third kappa shape index (κ3) is 3.97. The molecule has 1 aliphatic carbocycles. The molecule has 0 saturated heterocycles. The zero-order valence-corrected chi connectivity index (χ0v) is 18.0. The molecule has 0 aliphatic heterocycles. The topological polar surface area (TPSA) is 87.1 Å². The summed E-state index contributed by atoms with van der Waals surface area (Å²) in [7, 11) is 0. The number of hydroxylamine groups is 2. The molecule has 6 nitrogen and oxygen atoms in total. The number of phenols is 1. The average Bonchev–Trinajstić information content (AvgIpc) is 3.08. The first-order valence-corrected chi connectivity index (χ1v) is 10.5. The largest absolute Gasteiger partial charge is 0.508 e. The number of carboxylic acids is 1. The molecule has 1 unspecified atom stereocenters. The van der Waals surface area contributed by atoms with Crippen molar-refractivity contribution in [3.05, 3.63) is 88.5 Å². The van der Waals surface area contributed by atoms with Gasteiger partial charge in [-0.2, -0.15) is 0 Å². The highest BCUT2D eigenvalue weighted by Gasteiger charge is 2.32. The van der Waals surface area contributed by atoms with Crippen LogP contribution in [0.3, 0.4) is 0 Å². The number of carbonyl (C=O) groups excluding carboxylic acids is 1. The summed E-state index contributed by atoms with van der Waals surface area (Å²) in [4.78, 5) is 29.7. The summed E-state index contributed by atoms with van der Waals surface area (Å²) in [6, 6.07) is 18.1. The fraction of sp³-hybridized carbons (Fsp3) is 0.231. The van der Waals surface area contributed by atoms with E-state index < -0.39 is 12.0 Å². The molecule has 4 rings (SSSR count). The van der Waals surface area contributed by atoms with Gasteiger partial charge in [-0.25, -0.2) is 9.86 Å². The zero-order chi connectivity index (χ0) is 22.8. The smallest absolute Gasteiger partial charge is 0.329 e. The maximum atomic E-state index is 12.1.